The van der Waals surface area contributed by atoms with E-state index in [1.807, 2.05) is 6.20 Å². The number of aliphatic hydroxyl groups is 1. The van der Waals surface area contributed by atoms with E-state index in [1.165, 1.54) is 22.2 Å². The van der Waals surface area contributed by atoms with Gasteiger partial charge in [-0.2, -0.15) is 0 Å². The van der Waals surface area contributed by atoms with Crippen LogP contribution in [-0.4, -0.2) is 31.1 Å². The van der Waals surface area contributed by atoms with Crippen LogP contribution in [0.25, 0.3) is 10.9 Å². The van der Waals surface area contributed by atoms with Crippen LogP contribution in [0.4, 0.5) is 0 Å². The molecule has 0 spiro atoms. The zero-order valence-corrected chi connectivity index (χ0v) is 12.5. The molecule has 4 rings (SSSR count). The maximum atomic E-state index is 9.53. The first-order valence-corrected chi connectivity index (χ1v) is 7.60. The van der Waals surface area contributed by atoms with Gasteiger partial charge in [0.15, 0.2) is 0 Å². The van der Waals surface area contributed by atoms with Crippen LogP contribution in [0.2, 0.25) is 0 Å². The minimum atomic E-state index is -0.576. The predicted molar refractivity (Wildman–Crippen MR) is 83.3 cm³/mol. The molecule has 0 aliphatic carbocycles. The average molecular weight is 297 g/mol. The zero-order valence-electron chi connectivity index (χ0n) is 12.5. The minimum absolute atomic E-state index is 0.315. The van der Waals surface area contributed by atoms with Crippen molar-refractivity contribution in [1.82, 2.24) is 25.3 Å². The molecule has 1 unspecified atom stereocenters. The minimum Gasteiger partial charge on any atom is -0.387 e. The largest absolute Gasteiger partial charge is 0.387 e. The molecule has 0 saturated heterocycles. The van der Waals surface area contributed by atoms with Gasteiger partial charge >= 0.3 is 0 Å². The molecule has 1 aliphatic heterocycles. The number of fused-ring (bicyclic) bond motifs is 3. The van der Waals surface area contributed by atoms with Crippen LogP contribution in [0.5, 0.6) is 0 Å². The Morgan fingerprint density at radius 1 is 1.41 bits per heavy atom. The lowest BCUT2D eigenvalue weighted by atomic mass is 9.98. The van der Waals surface area contributed by atoms with E-state index in [1.54, 1.807) is 11.6 Å². The smallest absolute Gasteiger partial charge is 0.111 e. The van der Waals surface area contributed by atoms with Gasteiger partial charge in [-0.25, -0.2) is 0 Å². The number of benzene rings is 1. The second-order valence-corrected chi connectivity index (χ2v) is 5.95. The van der Waals surface area contributed by atoms with Gasteiger partial charge in [-0.1, -0.05) is 23.4 Å². The molecule has 0 bridgehead atoms. The van der Waals surface area contributed by atoms with Crippen molar-refractivity contribution in [3.8, 4) is 0 Å². The van der Waals surface area contributed by atoms with Gasteiger partial charge in [-0.15, -0.1) is 5.10 Å². The van der Waals surface area contributed by atoms with Crippen molar-refractivity contribution in [1.29, 1.82) is 0 Å². The molecule has 0 radical (unpaired) electrons. The summed E-state index contributed by atoms with van der Waals surface area (Å²) >= 11 is 0. The van der Waals surface area contributed by atoms with Gasteiger partial charge < -0.3 is 15.4 Å². The fourth-order valence-corrected chi connectivity index (χ4v) is 3.15. The maximum Gasteiger partial charge on any atom is 0.111 e. The number of hydrogen-bond acceptors (Lipinski definition) is 4. The van der Waals surface area contributed by atoms with E-state index in [0.29, 0.717) is 11.7 Å². The first kappa shape index (κ1) is 13.5. The SMILES string of the molecule is CC(O)c1cn(C[C@@H]2Cc3c([nH]c4ccccc34)CN2)nn1. The van der Waals surface area contributed by atoms with Crippen molar-refractivity contribution in [2.24, 2.45) is 0 Å². The number of H-pyrrole nitrogens is 1. The number of para-hydroxylation sites is 1. The number of aliphatic hydroxyl groups excluding tert-OH is 1. The van der Waals surface area contributed by atoms with E-state index in [0.717, 1.165) is 19.5 Å². The van der Waals surface area contributed by atoms with Crippen LogP contribution in [0.3, 0.4) is 0 Å². The number of hydrogen-bond donors (Lipinski definition) is 3. The third-order valence-electron chi connectivity index (χ3n) is 4.31. The summed E-state index contributed by atoms with van der Waals surface area (Å²) in [5, 5.41) is 22.5. The molecule has 3 aromatic rings. The van der Waals surface area contributed by atoms with E-state index in [-0.39, 0.29) is 0 Å². The summed E-state index contributed by atoms with van der Waals surface area (Å²) in [6.07, 6.45) is 2.20. The van der Waals surface area contributed by atoms with Gasteiger partial charge in [0, 0.05) is 29.2 Å². The lowest BCUT2D eigenvalue weighted by Crippen LogP contribution is -2.38. The van der Waals surface area contributed by atoms with E-state index in [4.69, 9.17) is 0 Å². The lowest BCUT2D eigenvalue weighted by Gasteiger charge is -2.24. The topological polar surface area (TPSA) is 78.8 Å². The molecule has 1 aromatic carbocycles. The van der Waals surface area contributed by atoms with Crippen LogP contribution < -0.4 is 5.32 Å². The van der Waals surface area contributed by atoms with Gasteiger partial charge in [0.05, 0.1) is 18.8 Å². The summed E-state index contributed by atoms with van der Waals surface area (Å²) in [6.45, 7) is 3.29. The van der Waals surface area contributed by atoms with Crippen LogP contribution in [-0.2, 0) is 19.5 Å². The first-order valence-electron chi connectivity index (χ1n) is 7.60. The second kappa shape index (κ2) is 5.23. The third kappa shape index (κ3) is 2.30. The van der Waals surface area contributed by atoms with Crippen molar-refractivity contribution < 1.29 is 5.11 Å². The number of rotatable bonds is 3. The molecular formula is C16H19N5O. The van der Waals surface area contributed by atoms with Crippen molar-refractivity contribution >= 4 is 10.9 Å². The molecular weight excluding hydrogens is 278 g/mol. The van der Waals surface area contributed by atoms with Crippen molar-refractivity contribution in [2.75, 3.05) is 0 Å². The highest BCUT2D eigenvalue weighted by atomic mass is 16.3. The lowest BCUT2D eigenvalue weighted by molar-refractivity contribution is 0.194. The Morgan fingerprint density at radius 2 is 2.27 bits per heavy atom. The Labute approximate surface area is 128 Å². The predicted octanol–water partition coefficient (Wildman–Crippen LogP) is 1.53. The highest BCUT2D eigenvalue weighted by Crippen LogP contribution is 2.26. The summed E-state index contributed by atoms with van der Waals surface area (Å²) in [6, 6.07) is 8.75. The monoisotopic (exact) mass is 297 g/mol. The Bertz CT molecular complexity index is 804. The number of nitrogens with one attached hydrogen (secondary N) is 2. The van der Waals surface area contributed by atoms with Gasteiger partial charge in [0.2, 0.25) is 0 Å². The number of aromatic amines is 1. The standard InChI is InChI=1S/C16H19N5O/c1-10(22)16-9-21(20-19-16)8-11-6-13-12-4-2-3-5-14(12)18-15(13)7-17-11/h2-5,9-11,17-18,22H,6-8H2,1H3/t10?,11-/m0/s1. The molecule has 6 nitrogen and oxygen atoms in total. The Kier molecular flexibility index (Phi) is 3.20. The van der Waals surface area contributed by atoms with Crippen molar-refractivity contribution in [3.63, 3.8) is 0 Å². The van der Waals surface area contributed by atoms with Crippen molar-refractivity contribution in [3.05, 3.63) is 47.4 Å². The average Bonchev–Trinajstić information content (AvgIpc) is 3.12. The normalized spacial score (nSPS) is 19.3. The number of nitrogens with zero attached hydrogens (tertiary/aromatic N) is 3. The maximum absolute atomic E-state index is 9.53. The van der Waals surface area contributed by atoms with Gasteiger partial charge in [-0.05, 0) is 25.0 Å². The molecule has 1 aliphatic rings. The summed E-state index contributed by atoms with van der Waals surface area (Å²) in [5.41, 5.74) is 4.49. The van der Waals surface area contributed by atoms with E-state index in [2.05, 4.69) is 44.9 Å². The molecule has 114 valence electrons. The molecule has 2 aromatic heterocycles. The third-order valence-corrected chi connectivity index (χ3v) is 4.31. The van der Waals surface area contributed by atoms with Crippen LogP contribution in [0, 0.1) is 0 Å². The quantitative estimate of drug-likeness (QED) is 0.685. The van der Waals surface area contributed by atoms with Gasteiger partial charge in [0.1, 0.15) is 5.69 Å². The molecule has 0 fully saturated rings. The summed E-state index contributed by atoms with van der Waals surface area (Å²) in [7, 11) is 0. The molecule has 0 saturated carbocycles. The second-order valence-electron chi connectivity index (χ2n) is 5.95. The van der Waals surface area contributed by atoms with Gasteiger partial charge in [0.25, 0.3) is 0 Å². The Balaban J connectivity index is 1.56. The molecule has 3 N–H and O–H groups in total. The van der Waals surface area contributed by atoms with E-state index in [9.17, 15) is 5.11 Å². The molecule has 22 heavy (non-hydrogen) atoms. The van der Waals surface area contributed by atoms with Crippen LogP contribution in [0.15, 0.2) is 30.5 Å². The Morgan fingerprint density at radius 3 is 3.09 bits per heavy atom. The molecule has 2 atom stereocenters. The first-order chi connectivity index (χ1) is 10.7. The van der Waals surface area contributed by atoms with E-state index >= 15 is 0 Å². The summed E-state index contributed by atoms with van der Waals surface area (Å²) in [4.78, 5) is 3.49. The zero-order chi connectivity index (χ0) is 15.1. The number of aromatic nitrogens is 4. The van der Waals surface area contributed by atoms with E-state index < -0.39 is 6.10 Å². The summed E-state index contributed by atoms with van der Waals surface area (Å²) < 4.78 is 1.81. The molecule has 0 amide bonds. The van der Waals surface area contributed by atoms with Crippen LogP contribution in [0.1, 0.15) is 30.0 Å². The van der Waals surface area contributed by atoms with Crippen molar-refractivity contribution in [2.45, 2.75) is 38.6 Å². The molecule has 3 heterocycles. The molecule has 6 heteroatoms. The fraction of sp³-hybridized carbons (Fsp3) is 0.375. The highest BCUT2D eigenvalue weighted by molar-refractivity contribution is 5.84. The fourth-order valence-electron chi connectivity index (χ4n) is 3.15. The summed E-state index contributed by atoms with van der Waals surface area (Å²) in [5.74, 6) is 0. The Hall–Kier alpha value is -2.18. The van der Waals surface area contributed by atoms with Gasteiger partial charge in [-0.3, -0.25) is 4.68 Å². The van der Waals surface area contributed by atoms with Crippen LogP contribution >= 0.6 is 0 Å². The highest BCUT2D eigenvalue weighted by Gasteiger charge is 2.22.